The lowest BCUT2D eigenvalue weighted by Gasteiger charge is -2.34. The Balaban J connectivity index is 2.37. The molecule has 0 saturated carbocycles. The van der Waals surface area contributed by atoms with E-state index in [1.54, 1.807) is 0 Å². The summed E-state index contributed by atoms with van der Waals surface area (Å²) in [5.74, 6) is 0.600. The number of carbonyl (C=O) groups excluding carboxylic acids is 1. The molecule has 0 radical (unpaired) electrons. The molecular weight excluding hydrogens is 178 g/mol. The van der Waals surface area contributed by atoms with Gasteiger partial charge in [0.15, 0.2) is 0 Å². The van der Waals surface area contributed by atoms with E-state index in [1.165, 1.54) is 0 Å². The van der Waals surface area contributed by atoms with E-state index in [9.17, 15) is 4.79 Å². The van der Waals surface area contributed by atoms with Crippen LogP contribution < -0.4 is 5.32 Å². The quantitative estimate of drug-likeness (QED) is 0.751. The van der Waals surface area contributed by atoms with Gasteiger partial charge in [0.25, 0.3) is 0 Å². The first-order chi connectivity index (χ1) is 6.52. The number of amides is 1. The standard InChI is InChI=1S/C11H21NO2/c1-9(2)8-10(13)12-11(3)4-6-14-7-5-11/h9H,4-8H2,1-3H3,(H,12,13). The molecule has 0 aliphatic carbocycles. The number of carbonyl (C=O) groups is 1. The number of hydrogen-bond acceptors (Lipinski definition) is 2. The molecule has 1 saturated heterocycles. The van der Waals surface area contributed by atoms with Crippen molar-refractivity contribution in [1.82, 2.24) is 5.32 Å². The van der Waals surface area contributed by atoms with Gasteiger partial charge in [0, 0.05) is 25.2 Å². The molecule has 14 heavy (non-hydrogen) atoms. The Morgan fingerprint density at radius 1 is 1.43 bits per heavy atom. The maximum absolute atomic E-state index is 11.6. The van der Waals surface area contributed by atoms with Gasteiger partial charge in [-0.05, 0) is 25.7 Å². The molecule has 1 fully saturated rings. The molecule has 82 valence electrons. The van der Waals surface area contributed by atoms with E-state index < -0.39 is 0 Å². The molecule has 0 unspecified atom stereocenters. The molecule has 1 aliphatic heterocycles. The van der Waals surface area contributed by atoms with Crippen molar-refractivity contribution in [2.45, 2.75) is 45.6 Å². The summed E-state index contributed by atoms with van der Waals surface area (Å²) in [7, 11) is 0. The smallest absolute Gasteiger partial charge is 0.220 e. The van der Waals surface area contributed by atoms with Crippen molar-refractivity contribution in [2.75, 3.05) is 13.2 Å². The van der Waals surface area contributed by atoms with Gasteiger partial charge >= 0.3 is 0 Å². The lowest BCUT2D eigenvalue weighted by atomic mass is 9.92. The van der Waals surface area contributed by atoms with Crippen LogP contribution in [0.2, 0.25) is 0 Å². The lowest BCUT2D eigenvalue weighted by Crippen LogP contribution is -2.49. The van der Waals surface area contributed by atoms with E-state index in [-0.39, 0.29) is 11.4 Å². The maximum atomic E-state index is 11.6. The Hall–Kier alpha value is -0.570. The minimum absolute atomic E-state index is 0.0375. The summed E-state index contributed by atoms with van der Waals surface area (Å²) in [5, 5.41) is 3.11. The van der Waals surface area contributed by atoms with Gasteiger partial charge in [0.1, 0.15) is 0 Å². The summed E-state index contributed by atoms with van der Waals surface area (Å²) in [6, 6.07) is 0. The van der Waals surface area contributed by atoms with Crippen molar-refractivity contribution in [3.8, 4) is 0 Å². The van der Waals surface area contributed by atoms with Crippen molar-refractivity contribution < 1.29 is 9.53 Å². The molecule has 0 bridgehead atoms. The van der Waals surface area contributed by atoms with E-state index >= 15 is 0 Å². The molecular formula is C11H21NO2. The van der Waals surface area contributed by atoms with Gasteiger partial charge in [0.05, 0.1) is 0 Å². The average Bonchev–Trinajstić information content (AvgIpc) is 2.02. The highest BCUT2D eigenvalue weighted by Gasteiger charge is 2.28. The fourth-order valence-corrected chi connectivity index (χ4v) is 1.71. The third kappa shape index (κ3) is 3.66. The molecule has 3 heteroatoms. The van der Waals surface area contributed by atoms with Crippen LogP contribution in [0.5, 0.6) is 0 Å². The van der Waals surface area contributed by atoms with Gasteiger partial charge in [-0.25, -0.2) is 0 Å². The van der Waals surface area contributed by atoms with E-state index in [2.05, 4.69) is 26.1 Å². The zero-order valence-electron chi connectivity index (χ0n) is 9.43. The van der Waals surface area contributed by atoms with Crippen LogP contribution in [0.15, 0.2) is 0 Å². The molecule has 0 aromatic carbocycles. The first-order valence-corrected chi connectivity index (χ1v) is 5.41. The monoisotopic (exact) mass is 199 g/mol. The Morgan fingerprint density at radius 3 is 2.50 bits per heavy atom. The Bertz CT molecular complexity index is 195. The number of rotatable bonds is 3. The first-order valence-electron chi connectivity index (χ1n) is 5.41. The van der Waals surface area contributed by atoms with Gasteiger partial charge in [-0.2, -0.15) is 0 Å². The summed E-state index contributed by atoms with van der Waals surface area (Å²) >= 11 is 0. The van der Waals surface area contributed by atoms with Crippen molar-refractivity contribution in [3.63, 3.8) is 0 Å². The summed E-state index contributed by atoms with van der Waals surface area (Å²) < 4.78 is 5.28. The van der Waals surface area contributed by atoms with Gasteiger partial charge in [0.2, 0.25) is 5.91 Å². The number of hydrogen-bond donors (Lipinski definition) is 1. The lowest BCUT2D eigenvalue weighted by molar-refractivity contribution is -0.124. The second kappa shape index (κ2) is 4.78. The van der Waals surface area contributed by atoms with Crippen molar-refractivity contribution in [2.24, 2.45) is 5.92 Å². The highest BCUT2D eigenvalue weighted by atomic mass is 16.5. The predicted molar refractivity (Wildman–Crippen MR) is 56.1 cm³/mol. The highest BCUT2D eigenvalue weighted by Crippen LogP contribution is 2.20. The normalized spacial score (nSPS) is 20.9. The number of nitrogens with one attached hydrogen (secondary N) is 1. The first kappa shape index (κ1) is 11.5. The minimum atomic E-state index is -0.0375. The summed E-state index contributed by atoms with van der Waals surface area (Å²) in [6.07, 6.45) is 2.48. The largest absolute Gasteiger partial charge is 0.381 e. The topological polar surface area (TPSA) is 38.3 Å². The third-order valence-electron chi connectivity index (χ3n) is 2.63. The van der Waals surface area contributed by atoms with Crippen LogP contribution in [0.1, 0.15) is 40.0 Å². The molecule has 3 nitrogen and oxygen atoms in total. The van der Waals surface area contributed by atoms with Gasteiger partial charge < -0.3 is 10.1 Å². The van der Waals surface area contributed by atoms with E-state index in [0.29, 0.717) is 12.3 Å². The fraction of sp³-hybridized carbons (Fsp3) is 0.909. The SMILES string of the molecule is CC(C)CC(=O)NC1(C)CCOCC1. The van der Waals surface area contributed by atoms with E-state index in [0.717, 1.165) is 26.1 Å². The maximum Gasteiger partial charge on any atom is 0.220 e. The predicted octanol–water partition coefficient (Wildman–Crippen LogP) is 1.72. The van der Waals surface area contributed by atoms with Crippen molar-refractivity contribution in [1.29, 1.82) is 0 Å². The van der Waals surface area contributed by atoms with Crippen LogP contribution >= 0.6 is 0 Å². The van der Waals surface area contributed by atoms with Gasteiger partial charge in [-0.15, -0.1) is 0 Å². The molecule has 1 aliphatic rings. The van der Waals surface area contributed by atoms with Crippen LogP contribution in [-0.2, 0) is 9.53 Å². The highest BCUT2D eigenvalue weighted by molar-refractivity contribution is 5.76. The molecule has 1 heterocycles. The second-order valence-electron chi connectivity index (χ2n) is 4.82. The number of ether oxygens (including phenoxy) is 1. The van der Waals surface area contributed by atoms with Crippen LogP contribution in [0.25, 0.3) is 0 Å². The zero-order valence-corrected chi connectivity index (χ0v) is 9.43. The molecule has 1 rings (SSSR count). The molecule has 0 aromatic rings. The Kier molecular flexibility index (Phi) is 3.93. The van der Waals surface area contributed by atoms with Crippen molar-refractivity contribution in [3.05, 3.63) is 0 Å². The molecule has 1 N–H and O–H groups in total. The zero-order chi connectivity index (χ0) is 10.6. The van der Waals surface area contributed by atoms with Gasteiger partial charge in [-0.3, -0.25) is 4.79 Å². The van der Waals surface area contributed by atoms with Crippen LogP contribution in [-0.4, -0.2) is 24.7 Å². The molecule has 0 atom stereocenters. The van der Waals surface area contributed by atoms with E-state index in [4.69, 9.17) is 4.74 Å². The van der Waals surface area contributed by atoms with Crippen LogP contribution in [0, 0.1) is 5.92 Å². The Labute approximate surface area is 86.2 Å². The molecule has 0 spiro atoms. The van der Waals surface area contributed by atoms with Gasteiger partial charge in [-0.1, -0.05) is 13.8 Å². The molecule has 1 amide bonds. The second-order valence-corrected chi connectivity index (χ2v) is 4.82. The summed E-state index contributed by atoms with van der Waals surface area (Å²) in [6.45, 7) is 7.75. The Morgan fingerprint density at radius 2 is 2.00 bits per heavy atom. The third-order valence-corrected chi connectivity index (χ3v) is 2.63. The minimum Gasteiger partial charge on any atom is -0.381 e. The fourth-order valence-electron chi connectivity index (χ4n) is 1.71. The van der Waals surface area contributed by atoms with Crippen molar-refractivity contribution >= 4 is 5.91 Å². The van der Waals surface area contributed by atoms with E-state index in [1.807, 2.05) is 0 Å². The molecule has 0 aromatic heterocycles. The summed E-state index contributed by atoms with van der Waals surface area (Å²) in [4.78, 5) is 11.6. The van der Waals surface area contributed by atoms with Crippen LogP contribution in [0.4, 0.5) is 0 Å². The van der Waals surface area contributed by atoms with Crippen LogP contribution in [0.3, 0.4) is 0 Å². The summed E-state index contributed by atoms with van der Waals surface area (Å²) in [5.41, 5.74) is -0.0375. The average molecular weight is 199 g/mol.